The van der Waals surface area contributed by atoms with Crippen molar-refractivity contribution in [2.75, 3.05) is 0 Å². The summed E-state index contributed by atoms with van der Waals surface area (Å²) in [6, 6.07) is 0. The normalized spacial score (nSPS) is 9.33. The van der Waals surface area contributed by atoms with E-state index >= 15 is 0 Å². The van der Waals surface area contributed by atoms with Gasteiger partial charge in [-0.25, -0.2) is 0 Å². The lowest BCUT2D eigenvalue weighted by molar-refractivity contribution is 0.734. The van der Waals surface area contributed by atoms with Gasteiger partial charge in [0.1, 0.15) is 7.00 Å². The molecular weight excluding hydrogens is 89.8 g/mol. The van der Waals surface area contributed by atoms with Gasteiger partial charge in [-0.1, -0.05) is 26.1 Å². The van der Waals surface area contributed by atoms with Crippen molar-refractivity contribution >= 4 is 16.1 Å². The van der Waals surface area contributed by atoms with Gasteiger partial charge in [-0.2, -0.15) is 9.12 Å². The van der Waals surface area contributed by atoms with E-state index in [0.29, 0.717) is 0 Å². The van der Waals surface area contributed by atoms with Crippen molar-refractivity contribution in [3.05, 3.63) is 0 Å². The number of rotatable bonds is 2. The topological polar surface area (TPSA) is 0 Å². The molecule has 0 nitrogen and oxygen atoms in total. The van der Waals surface area contributed by atoms with Crippen LogP contribution in [0.4, 0.5) is 0 Å². The van der Waals surface area contributed by atoms with Gasteiger partial charge in [0.15, 0.2) is 0 Å². The summed E-state index contributed by atoms with van der Waals surface area (Å²) in [5, 5.41) is 0. The summed E-state index contributed by atoms with van der Waals surface area (Å²) in [4.78, 5) is 0. The van der Waals surface area contributed by atoms with Crippen molar-refractivity contribution in [3.63, 3.8) is 0 Å². The Morgan fingerprint density at radius 1 is 1.67 bits per heavy atom. The minimum absolute atomic E-state index is 0.822. The van der Waals surface area contributed by atoms with Crippen LogP contribution in [0.2, 0.25) is 6.32 Å². The van der Waals surface area contributed by atoms with E-state index in [1.807, 2.05) is 0 Å². The predicted octanol–water partition coefficient (Wildman–Crippen LogP) is 1.55. The van der Waals surface area contributed by atoms with Gasteiger partial charge in [-0.3, -0.25) is 0 Å². The highest BCUT2D eigenvalue weighted by molar-refractivity contribution is 7.55. The van der Waals surface area contributed by atoms with Gasteiger partial charge in [0.2, 0.25) is 0 Å². The molecule has 1 atom stereocenters. The molecule has 0 aliphatic rings. The number of hydrogen-bond donors (Lipinski definition) is 0. The highest BCUT2D eigenvalue weighted by Gasteiger charge is 1.87. The Balaban J connectivity index is 2.63. The molecule has 0 aromatic carbocycles. The largest absolute Gasteiger partial charge is 0.178 e. The Hall–Kier alpha value is 0.495. The molecule has 0 fully saturated rings. The van der Waals surface area contributed by atoms with E-state index in [1.54, 1.807) is 0 Å². The Bertz CT molecular complexity index is 28.7. The van der Waals surface area contributed by atoms with E-state index in [-0.39, 0.29) is 0 Å². The highest BCUT2D eigenvalue weighted by atomic mass is 31.0. The first kappa shape index (κ1) is 6.49. The van der Waals surface area contributed by atoms with Crippen molar-refractivity contribution in [2.45, 2.75) is 20.2 Å². The zero-order valence-electron chi connectivity index (χ0n) is 4.44. The quantitative estimate of drug-likeness (QED) is 0.365. The van der Waals surface area contributed by atoms with Crippen molar-refractivity contribution in [1.82, 2.24) is 0 Å². The zero-order valence-corrected chi connectivity index (χ0v) is 5.59. The Labute approximate surface area is 43.1 Å². The second-order valence-electron chi connectivity index (χ2n) is 1.87. The summed E-state index contributed by atoms with van der Waals surface area (Å²) in [5.74, 6) is 0.822. The number of hydrogen-bond acceptors (Lipinski definition) is 0. The van der Waals surface area contributed by atoms with E-state index in [9.17, 15) is 0 Å². The smallest absolute Gasteiger partial charge is 0.138 e. The second-order valence-corrected chi connectivity index (χ2v) is 2.34. The summed E-state index contributed by atoms with van der Waals surface area (Å²) < 4.78 is 0. The summed E-state index contributed by atoms with van der Waals surface area (Å²) in [5.41, 5.74) is 0. The van der Waals surface area contributed by atoms with Gasteiger partial charge in [-0.15, -0.1) is 0 Å². The Kier molecular flexibility index (Phi) is 3.98. The third-order valence-electron chi connectivity index (χ3n) is 0.607. The molecule has 0 saturated heterocycles. The van der Waals surface area contributed by atoms with Crippen molar-refractivity contribution in [1.29, 1.82) is 0 Å². The van der Waals surface area contributed by atoms with Gasteiger partial charge >= 0.3 is 0 Å². The van der Waals surface area contributed by atoms with Crippen LogP contribution in [-0.2, 0) is 0 Å². The molecule has 35 valence electrons. The zero-order chi connectivity index (χ0) is 4.99. The lowest BCUT2D eigenvalue weighted by Crippen LogP contribution is -1.86. The van der Waals surface area contributed by atoms with Crippen molar-refractivity contribution in [2.24, 2.45) is 5.92 Å². The lowest BCUT2D eigenvalue weighted by atomic mass is 9.93. The van der Waals surface area contributed by atoms with Crippen LogP contribution in [-0.4, -0.2) is 7.00 Å². The third kappa shape index (κ3) is 4.49. The molecule has 0 bridgehead atoms. The predicted molar refractivity (Wildman–Crippen MR) is 35.1 cm³/mol. The Morgan fingerprint density at radius 3 is 2.17 bits per heavy atom. The molecule has 2 heteroatoms. The molecule has 0 spiro atoms. The highest BCUT2D eigenvalue weighted by Crippen LogP contribution is 1.99. The third-order valence-corrected chi connectivity index (χ3v) is 0.880. The second kappa shape index (κ2) is 3.68. The maximum absolute atomic E-state index is 2.60. The van der Waals surface area contributed by atoms with E-state index in [1.165, 1.54) is 6.32 Å². The summed E-state index contributed by atoms with van der Waals surface area (Å²) in [7, 11) is 2.60. The molecule has 0 aromatic rings. The van der Waals surface area contributed by atoms with Crippen LogP contribution < -0.4 is 0 Å². The van der Waals surface area contributed by atoms with Gasteiger partial charge < -0.3 is 0 Å². The van der Waals surface area contributed by atoms with Gasteiger partial charge in [-0.05, 0) is 0 Å². The van der Waals surface area contributed by atoms with Crippen LogP contribution in [0.3, 0.4) is 0 Å². The molecular formula is C4H11BP. The van der Waals surface area contributed by atoms with E-state index < -0.39 is 0 Å². The maximum Gasteiger partial charge on any atom is 0.138 e. The first-order valence-corrected chi connectivity index (χ1v) is 2.97. The van der Waals surface area contributed by atoms with Gasteiger partial charge in [0.25, 0.3) is 0 Å². The molecule has 6 heavy (non-hydrogen) atoms. The fourth-order valence-electron chi connectivity index (χ4n) is 0.272. The molecule has 0 aliphatic carbocycles. The monoisotopic (exact) mass is 101 g/mol. The fourth-order valence-corrected chi connectivity index (χ4v) is 0.816. The van der Waals surface area contributed by atoms with Crippen LogP contribution >= 0.6 is 9.12 Å². The van der Waals surface area contributed by atoms with Crippen molar-refractivity contribution < 1.29 is 0 Å². The SMILES string of the molecule is CC(C)C[B]P. The first-order chi connectivity index (χ1) is 2.77. The van der Waals surface area contributed by atoms with Crippen LogP contribution in [0.25, 0.3) is 0 Å². The van der Waals surface area contributed by atoms with Gasteiger partial charge in [0, 0.05) is 0 Å². The van der Waals surface area contributed by atoms with E-state index in [4.69, 9.17) is 0 Å². The first-order valence-electron chi connectivity index (χ1n) is 2.30. The summed E-state index contributed by atoms with van der Waals surface area (Å²) in [6.07, 6.45) is 1.21. The molecule has 0 amide bonds. The van der Waals surface area contributed by atoms with Crippen LogP contribution in [0.15, 0.2) is 0 Å². The summed E-state index contributed by atoms with van der Waals surface area (Å²) >= 11 is 0. The minimum atomic E-state index is 0.822. The molecule has 0 saturated carbocycles. The summed E-state index contributed by atoms with van der Waals surface area (Å²) in [6.45, 7) is 6.53. The lowest BCUT2D eigenvalue weighted by Gasteiger charge is -1.94. The minimum Gasteiger partial charge on any atom is -0.178 e. The Morgan fingerprint density at radius 2 is 2.17 bits per heavy atom. The molecule has 1 radical (unpaired) electrons. The van der Waals surface area contributed by atoms with Crippen molar-refractivity contribution in [3.8, 4) is 0 Å². The maximum atomic E-state index is 2.60. The van der Waals surface area contributed by atoms with E-state index in [2.05, 4.69) is 30.0 Å². The molecule has 0 aliphatic heterocycles. The van der Waals surface area contributed by atoms with Crippen LogP contribution in [0.5, 0.6) is 0 Å². The standard InChI is InChI=1S/C4H11BP/c1-4(2)3-5-6/h4H,3,6H2,1-2H3. The molecule has 0 aromatic heterocycles. The van der Waals surface area contributed by atoms with Gasteiger partial charge in [0.05, 0.1) is 0 Å². The molecule has 0 N–H and O–H groups in total. The molecule has 0 rings (SSSR count). The fraction of sp³-hybridized carbons (Fsp3) is 1.00. The average molecular weight is 101 g/mol. The van der Waals surface area contributed by atoms with E-state index in [0.717, 1.165) is 5.92 Å². The van der Waals surface area contributed by atoms with Crippen LogP contribution in [0, 0.1) is 5.92 Å². The molecule has 0 heterocycles. The van der Waals surface area contributed by atoms with Crippen LogP contribution in [0.1, 0.15) is 13.8 Å². The molecule has 1 unspecified atom stereocenters. The average Bonchev–Trinajstić information content (AvgIpc) is 1.35.